The van der Waals surface area contributed by atoms with E-state index in [4.69, 9.17) is 0 Å². The molecule has 1 aliphatic heterocycles. The predicted octanol–water partition coefficient (Wildman–Crippen LogP) is 1.94. The first-order valence-electron chi connectivity index (χ1n) is 8.57. The minimum absolute atomic E-state index is 0.0839. The molecule has 8 heteroatoms. The minimum atomic E-state index is -0.472. The van der Waals surface area contributed by atoms with Crippen LogP contribution in [0.25, 0.3) is 0 Å². The first-order chi connectivity index (χ1) is 12.5. The molecule has 3 rings (SSSR count). The van der Waals surface area contributed by atoms with Gasteiger partial charge in [0.1, 0.15) is 11.6 Å². The molecule has 2 heterocycles. The number of anilines is 3. The highest BCUT2D eigenvalue weighted by molar-refractivity contribution is 5.93. The summed E-state index contributed by atoms with van der Waals surface area (Å²) in [5, 5.41) is 15.1. The van der Waals surface area contributed by atoms with E-state index in [1.165, 1.54) is 12.1 Å². The third-order valence-corrected chi connectivity index (χ3v) is 4.17. The second kappa shape index (κ2) is 8.09. The Hall–Kier alpha value is -2.74. The van der Waals surface area contributed by atoms with Gasteiger partial charge in [0, 0.05) is 19.3 Å². The summed E-state index contributed by atoms with van der Waals surface area (Å²) in [6.07, 6.45) is 2.94. The lowest BCUT2D eigenvalue weighted by atomic mass is 10.1. The fourth-order valence-electron chi connectivity index (χ4n) is 2.85. The van der Waals surface area contributed by atoms with Gasteiger partial charge in [0.15, 0.2) is 0 Å². The molecule has 3 N–H and O–H groups in total. The van der Waals surface area contributed by atoms with Crippen LogP contribution in [0.2, 0.25) is 0 Å². The van der Waals surface area contributed by atoms with E-state index in [0.29, 0.717) is 18.3 Å². The fraction of sp³-hybridized carbons (Fsp3) is 0.389. The van der Waals surface area contributed by atoms with Crippen molar-refractivity contribution in [2.45, 2.75) is 25.9 Å². The molecule has 0 radical (unpaired) electrons. The Labute approximate surface area is 151 Å². The van der Waals surface area contributed by atoms with Crippen LogP contribution < -0.4 is 15.5 Å². The molecule has 1 unspecified atom stereocenters. The lowest BCUT2D eigenvalue weighted by Gasteiger charge is -2.31. The summed E-state index contributed by atoms with van der Waals surface area (Å²) in [5.74, 6) is 0.142. The number of aliphatic hydroxyl groups excluding tert-OH is 1. The van der Waals surface area contributed by atoms with Crippen molar-refractivity contribution in [3.63, 3.8) is 0 Å². The maximum Gasteiger partial charge on any atom is 0.243 e. The highest BCUT2D eigenvalue weighted by Crippen LogP contribution is 2.18. The van der Waals surface area contributed by atoms with Gasteiger partial charge >= 0.3 is 0 Å². The van der Waals surface area contributed by atoms with Crippen molar-refractivity contribution in [1.29, 1.82) is 0 Å². The largest absolute Gasteiger partial charge is 0.391 e. The van der Waals surface area contributed by atoms with Crippen molar-refractivity contribution in [1.82, 2.24) is 9.97 Å². The molecule has 1 amide bonds. The van der Waals surface area contributed by atoms with Gasteiger partial charge in [-0.15, -0.1) is 0 Å². The number of nitrogens with one attached hydrogen (secondary N) is 2. The Morgan fingerprint density at radius 2 is 2.27 bits per heavy atom. The number of nitrogens with zero attached hydrogens (tertiary/aromatic N) is 3. The van der Waals surface area contributed by atoms with Gasteiger partial charge in [-0.2, -0.15) is 4.98 Å². The van der Waals surface area contributed by atoms with E-state index in [1.807, 2.05) is 4.90 Å². The molecule has 0 saturated carbocycles. The summed E-state index contributed by atoms with van der Waals surface area (Å²) >= 11 is 0. The maximum absolute atomic E-state index is 13.8. The van der Waals surface area contributed by atoms with Gasteiger partial charge in [-0.3, -0.25) is 4.79 Å². The molecule has 2 aromatic rings. The topological polar surface area (TPSA) is 90.4 Å². The van der Waals surface area contributed by atoms with Crippen LogP contribution in [0.3, 0.4) is 0 Å². The first kappa shape index (κ1) is 18.1. The standard InChI is InChI=1S/C18H22FN5O2/c1-12-4-5-15(14(19)9-12)22-17(26)10-21-18-20-7-6-16(23-18)24-8-2-3-13(25)11-24/h4-7,9,13,25H,2-3,8,10-11H2,1H3,(H,22,26)(H,20,21,23). The minimum Gasteiger partial charge on any atom is -0.391 e. The summed E-state index contributed by atoms with van der Waals surface area (Å²) in [7, 11) is 0. The van der Waals surface area contributed by atoms with E-state index in [-0.39, 0.29) is 18.3 Å². The predicted molar refractivity (Wildman–Crippen MR) is 97.7 cm³/mol. The second-order valence-electron chi connectivity index (χ2n) is 6.37. The van der Waals surface area contributed by atoms with Crippen LogP contribution in [0.5, 0.6) is 0 Å². The van der Waals surface area contributed by atoms with E-state index in [9.17, 15) is 14.3 Å². The van der Waals surface area contributed by atoms with Gasteiger partial charge in [-0.05, 0) is 43.5 Å². The van der Waals surface area contributed by atoms with Crippen molar-refractivity contribution in [3.05, 3.63) is 41.8 Å². The Balaban J connectivity index is 1.57. The Bertz CT molecular complexity index is 786. The third kappa shape index (κ3) is 4.66. The molecule has 1 aliphatic rings. The van der Waals surface area contributed by atoms with Crippen LogP contribution in [-0.2, 0) is 4.79 Å². The number of rotatable bonds is 5. The van der Waals surface area contributed by atoms with E-state index in [1.54, 1.807) is 25.3 Å². The smallest absolute Gasteiger partial charge is 0.243 e. The molecule has 1 aromatic carbocycles. The van der Waals surface area contributed by atoms with Crippen molar-refractivity contribution in [2.75, 3.05) is 35.2 Å². The van der Waals surface area contributed by atoms with Crippen LogP contribution in [0.15, 0.2) is 30.5 Å². The van der Waals surface area contributed by atoms with Gasteiger partial charge in [0.05, 0.1) is 18.3 Å². The molecule has 7 nitrogen and oxygen atoms in total. The van der Waals surface area contributed by atoms with E-state index < -0.39 is 11.7 Å². The number of aromatic nitrogens is 2. The summed E-state index contributed by atoms with van der Waals surface area (Å²) < 4.78 is 13.8. The quantitative estimate of drug-likeness (QED) is 0.756. The number of carbonyl (C=O) groups excluding carboxylic acids is 1. The van der Waals surface area contributed by atoms with Crippen LogP contribution in [0.4, 0.5) is 21.8 Å². The monoisotopic (exact) mass is 359 g/mol. The Kier molecular flexibility index (Phi) is 5.62. The first-order valence-corrected chi connectivity index (χ1v) is 8.57. The summed E-state index contributed by atoms with van der Waals surface area (Å²) in [6.45, 7) is 3.05. The molecular formula is C18H22FN5O2. The highest BCUT2D eigenvalue weighted by Gasteiger charge is 2.19. The number of aliphatic hydroxyl groups is 1. The highest BCUT2D eigenvalue weighted by atomic mass is 19.1. The summed E-state index contributed by atoms with van der Waals surface area (Å²) in [6, 6.07) is 6.39. The van der Waals surface area contributed by atoms with E-state index in [0.717, 1.165) is 24.9 Å². The van der Waals surface area contributed by atoms with Crippen molar-refractivity contribution in [3.8, 4) is 0 Å². The van der Waals surface area contributed by atoms with E-state index in [2.05, 4.69) is 20.6 Å². The number of piperidine rings is 1. The number of amides is 1. The number of hydrogen-bond acceptors (Lipinski definition) is 6. The zero-order chi connectivity index (χ0) is 18.5. The lowest BCUT2D eigenvalue weighted by Crippen LogP contribution is -2.38. The zero-order valence-electron chi connectivity index (χ0n) is 14.6. The molecule has 0 bridgehead atoms. The molecule has 1 atom stereocenters. The SMILES string of the molecule is Cc1ccc(NC(=O)CNc2nccc(N3CCCC(O)C3)n2)c(F)c1. The van der Waals surface area contributed by atoms with Crippen molar-refractivity contribution >= 4 is 23.4 Å². The van der Waals surface area contributed by atoms with E-state index >= 15 is 0 Å². The number of carbonyl (C=O) groups is 1. The van der Waals surface area contributed by atoms with Crippen LogP contribution >= 0.6 is 0 Å². The zero-order valence-corrected chi connectivity index (χ0v) is 14.6. The van der Waals surface area contributed by atoms with Crippen molar-refractivity contribution in [2.24, 2.45) is 0 Å². The molecule has 26 heavy (non-hydrogen) atoms. The van der Waals surface area contributed by atoms with Crippen LogP contribution in [-0.4, -0.2) is 46.7 Å². The summed E-state index contributed by atoms with van der Waals surface area (Å²) in [5.41, 5.74) is 0.922. The number of aryl methyl sites for hydroxylation is 1. The molecule has 138 valence electrons. The molecule has 1 aromatic heterocycles. The molecule has 0 spiro atoms. The average molecular weight is 359 g/mol. The van der Waals surface area contributed by atoms with Gasteiger partial charge in [0.2, 0.25) is 11.9 Å². The molecule has 1 fully saturated rings. The van der Waals surface area contributed by atoms with Crippen molar-refractivity contribution < 1.29 is 14.3 Å². The van der Waals surface area contributed by atoms with Gasteiger partial charge in [0.25, 0.3) is 0 Å². The second-order valence-corrected chi connectivity index (χ2v) is 6.37. The molecule has 1 saturated heterocycles. The number of halogens is 1. The van der Waals surface area contributed by atoms with Gasteiger partial charge in [-0.1, -0.05) is 6.07 Å². The summed E-state index contributed by atoms with van der Waals surface area (Å²) in [4.78, 5) is 22.5. The van der Waals surface area contributed by atoms with Crippen LogP contribution in [0.1, 0.15) is 18.4 Å². The van der Waals surface area contributed by atoms with Gasteiger partial charge in [-0.25, -0.2) is 9.37 Å². The Morgan fingerprint density at radius 1 is 1.42 bits per heavy atom. The average Bonchev–Trinajstić information content (AvgIpc) is 2.63. The third-order valence-electron chi connectivity index (χ3n) is 4.17. The van der Waals surface area contributed by atoms with Gasteiger partial charge < -0.3 is 20.6 Å². The molecular weight excluding hydrogens is 337 g/mol. The Morgan fingerprint density at radius 3 is 3.04 bits per heavy atom. The number of benzene rings is 1. The normalized spacial score (nSPS) is 17.0. The maximum atomic E-state index is 13.8. The lowest BCUT2D eigenvalue weighted by molar-refractivity contribution is -0.114. The number of β-amino-alcohol motifs (C(OH)–C–C–N with tert-alkyl or cyclic N) is 1. The van der Waals surface area contributed by atoms with Crippen LogP contribution in [0, 0.1) is 12.7 Å². The number of hydrogen-bond donors (Lipinski definition) is 3. The fourth-order valence-corrected chi connectivity index (χ4v) is 2.85. The molecule has 0 aliphatic carbocycles.